The summed E-state index contributed by atoms with van der Waals surface area (Å²) in [5.41, 5.74) is 3.55. The van der Waals surface area contributed by atoms with Crippen LogP contribution in [0, 0.1) is 0 Å². The minimum atomic E-state index is -1.08. The normalized spacial score (nSPS) is 21.9. The maximum atomic E-state index is 11.0. The van der Waals surface area contributed by atoms with Crippen molar-refractivity contribution in [1.29, 1.82) is 0 Å². The third-order valence-electron chi connectivity index (χ3n) is 6.82. The standard InChI is InChI=1S/C28H38N2O2.C2H4O2.Cr/c1-27(2,3)21-13-9-11-19(25(21)31)17-29-23-15-7-8-16-24(23)30-18-20-12-10-14-22(26(20)32)28(4,5)6;1-2(3)4;/h9-14,17-18,23-24,31-32H,7-8,15-16H2,1-6H3;1H3,(H,3,4);/q;;+2/p-1/t23-,24-;;/m1../s1. The first-order chi connectivity index (χ1) is 17.2. The molecule has 1 saturated heterocycles. The Balaban J connectivity index is 0.000000886. The van der Waals surface area contributed by atoms with Crippen LogP contribution in [-0.4, -0.2) is 47.8 Å². The van der Waals surface area contributed by atoms with Crippen molar-refractivity contribution in [2.24, 2.45) is 0 Å². The van der Waals surface area contributed by atoms with Crippen molar-refractivity contribution in [2.75, 3.05) is 0 Å². The molecular formula is C30H41CrN2O4+. The van der Waals surface area contributed by atoms with Gasteiger partial charge >= 0.3 is 206 Å². The van der Waals surface area contributed by atoms with Gasteiger partial charge in [0, 0.05) is 5.97 Å². The molecule has 7 heteroatoms. The average Bonchev–Trinajstić information content (AvgIpc) is 3.12. The van der Waals surface area contributed by atoms with Gasteiger partial charge in [-0.25, -0.2) is 0 Å². The number of aromatic hydroxyl groups is 2. The molecule has 2 atom stereocenters. The van der Waals surface area contributed by atoms with Crippen molar-refractivity contribution in [3.05, 3.63) is 58.7 Å². The molecule has 0 aromatic heterocycles. The zero-order valence-corrected chi connectivity index (χ0v) is 24.4. The summed E-state index contributed by atoms with van der Waals surface area (Å²) in [6, 6.07) is 13.1. The fourth-order valence-electron chi connectivity index (χ4n) is 4.97. The summed E-state index contributed by atoms with van der Waals surface area (Å²) in [6.07, 6.45) is 9.17. The molecule has 2 N–H and O–H groups in total. The number of phenolic OH excluding ortho intramolecular Hbond substituents is 2. The Labute approximate surface area is 228 Å². The fraction of sp³-hybridized carbons (Fsp3) is 0.500. The summed E-state index contributed by atoms with van der Waals surface area (Å²) < 4.78 is 4.92. The van der Waals surface area contributed by atoms with E-state index in [4.69, 9.17) is 9.90 Å². The third kappa shape index (κ3) is 7.03. The molecule has 1 aliphatic heterocycles. The average molecular weight is 546 g/mol. The number of nitrogens with zero attached hydrogens (tertiary/aromatic N) is 2. The van der Waals surface area contributed by atoms with Gasteiger partial charge in [-0.2, -0.15) is 0 Å². The molecule has 200 valence electrons. The van der Waals surface area contributed by atoms with Gasteiger partial charge < -0.3 is 9.90 Å². The van der Waals surface area contributed by atoms with Gasteiger partial charge in [-0.3, -0.25) is 0 Å². The molecule has 2 fully saturated rings. The molecule has 1 heterocycles. The Kier molecular flexibility index (Phi) is 8.93. The summed E-state index contributed by atoms with van der Waals surface area (Å²) >= 11 is 0.0635. The van der Waals surface area contributed by atoms with Crippen molar-refractivity contribution in [3.63, 3.8) is 0 Å². The number of carbonyl (C=O) groups is 1. The van der Waals surface area contributed by atoms with E-state index in [1.165, 1.54) is 25.7 Å². The van der Waals surface area contributed by atoms with Crippen molar-refractivity contribution >= 4 is 18.4 Å². The number of hydrogen-bond donors (Lipinski definition) is 2. The predicted octanol–water partition coefficient (Wildman–Crippen LogP) is 4.25. The fourth-order valence-corrected chi connectivity index (χ4v) is 6.96. The van der Waals surface area contributed by atoms with Gasteiger partial charge in [0.25, 0.3) is 0 Å². The molecule has 0 unspecified atom stereocenters. The van der Waals surface area contributed by atoms with Crippen LogP contribution in [-0.2, 0) is 31.3 Å². The Morgan fingerprint density at radius 1 is 0.838 bits per heavy atom. The van der Waals surface area contributed by atoms with E-state index in [-0.39, 0.29) is 26.5 Å². The Hall–Kier alpha value is -2.62. The van der Waals surface area contributed by atoms with E-state index in [0.717, 1.165) is 29.2 Å². The molecule has 1 saturated carbocycles. The third-order valence-corrected chi connectivity index (χ3v) is 8.58. The first-order valence-corrected chi connectivity index (χ1v) is 14.1. The van der Waals surface area contributed by atoms with Crippen molar-refractivity contribution in [1.82, 2.24) is 0 Å². The van der Waals surface area contributed by atoms with Gasteiger partial charge in [-0.05, 0) is 6.92 Å². The summed E-state index contributed by atoms with van der Waals surface area (Å²) in [5.74, 6) is -0.294. The number of hydrogen-bond acceptors (Lipinski definition) is 4. The molecule has 6 nitrogen and oxygen atoms in total. The van der Waals surface area contributed by atoms with Crippen LogP contribution in [0.4, 0.5) is 0 Å². The van der Waals surface area contributed by atoms with E-state index in [1.54, 1.807) is 0 Å². The number of fused-ring (bicyclic) bond motifs is 1. The van der Waals surface area contributed by atoms with Crippen LogP contribution in [0.1, 0.15) is 96.4 Å². The summed E-state index contributed by atoms with van der Waals surface area (Å²) in [7, 11) is 0. The van der Waals surface area contributed by atoms with Crippen LogP contribution < -0.4 is 5.11 Å². The van der Waals surface area contributed by atoms with Crippen molar-refractivity contribution < 1.29 is 42.9 Å². The van der Waals surface area contributed by atoms with Crippen LogP contribution >= 0.6 is 0 Å². The molecule has 2 aromatic carbocycles. The number of carboxylic acid groups (broad SMARTS) is 1. The number of para-hydroxylation sites is 2. The number of phenols is 2. The zero-order chi connectivity index (χ0) is 27.5. The molecule has 37 heavy (non-hydrogen) atoms. The summed E-state index contributed by atoms with van der Waals surface area (Å²) in [5, 5.41) is 30.9. The van der Waals surface area contributed by atoms with Gasteiger partial charge in [0.1, 0.15) is 0 Å². The molecule has 2 aliphatic rings. The molecule has 4 rings (SSSR count). The van der Waals surface area contributed by atoms with Crippen molar-refractivity contribution in [3.8, 4) is 11.5 Å². The van der Waals surface area contributed by atoms with Crippen LogP contribution in [0.15, 0.2) is 36.4 Å². The molecule has 0 amide bonds. The van der Waals surface area contributed by atoms with E-state index in [0.29, 0.717) is 23.6 Å². The van der Waals surface area contributed by atoms with E-state index in [2.05, 4.69) is 61.1 Å². The van der Waals surface area contributed by atoms with E-state index < -0.39 is 5.97 Å². The first-order valence-electron chi connectivity index (χ1n) is 13.0. The topological polar surface area (TPSA) is 86.6 Å². The number of benzene rings is 2. The van der Waals surface area contributed by atoms with E-state index in [9.17, 15) is 10.2 Å². The predicted molar refractivity (Wildman–Crippen MR) is 141 cm³/mol. The van der Waals surface area contributed by atoms with Crippen molar-refractivity contribution in [2.45, 2.75) is 97.1 Å². The van der Waals surface area contributed by atoms with E-state index in [1.807, 2.05) is 36.4 Å². The number of carboxylic acids is 1. The SMILES string of the molecule is CC(=O)[O-].CC(C)(C)c1cccc(C=[N+]2[Cr][N+](=Cc3cccc(C(C)(C)C)c3O)[C@@H]3CCCC[C@H]32)c1O. The number of aliphatic carboxylic acids is 1. The molecular weight excluding hydrogens is 504 g/mol. The molecule has 0 bridgehead atoms. The quantitative estimate of drug-likeness (QED) is 0.591. The van der Waals surface area contributed by atoms with Gasteiger partial charge in [-0.1, -0.05) is 0 Å². The van der Waals surface area contributed by atoms with Gasteiger partial charge in [0.05, 0.1) is 0 Å². The number of rotatable bonds is 2. The molecule has 0 radical (unpaired) electrons. The first kappa shape index (κ1) is 28.9. The van der Waals surface area contributed by atoms with Gasteiger partial charge in [-0.15, -0.1) is 0 Å². The van der Waals surface area contributed by atoms with Crippen LogP contribution in [0.5, 0.6) is 11.5 Å². The van der Waals surface area contributed by atoms with Crippen LogP contribution in [0.2, 0.25) is 0 Å². The Morgan fingerprint density at radius 2 is 1.19 bits per heavy atom. The zero-order valence-electron chi connectivity index (χ0n) is 23.1. The molecule has 2 aromatic rings. The summed E-state index contributed by atoms with van der Waals surface area (Å²) in [4.78, 5) is 8.89. The second-order valence-electron chi connectivity index (χ2n) is 12.0. The minimum absolute atomic E-state index is 0.0635. The maximum absolute atomic E-state index is 11.0. The number of carbonyl (C=O) groups excluding carboxylic acids is 1. The van der Waals surface area contributed by atoms with Gasteiger partial charge in [0.2, 0.25) is 0 Å². The molecule has 0 spiro atoms. The second kappa shape index (κ2) is 11.4. The van der Waals surface area contributed by atoms with Crippen LogP contribution in [0.25, 0.3) is 0 Å². The summed E-state index contributed by atoms with van der Waals surface area (Å²) in [6.45, 7) is 13.8. The second-order valence-corrected chi connectivity index (χ2v) is 13.5. The molecule has 1 aliphatic carbocycles. The van der Waals surface area contributed by atoms with Gasteiger partial charge in [0.15, 0.2) is 0 Å². The Morgan fingerprint density at radius 3 is 1.51 bits per heavy atom. The van der Waals surface area contributed by atoms with E-state index >= 15 is 0 Å². The Bertz CT molecular complexity index is 1110. The van der Waals surface area contributed by atoms with Crippen LogP contribution in [0.3, 0.4) is 0 Å². The monoisotopic (exact) mass is 545 g/mol.